The smallest absolute Gasteiger partial charge is 0.295 e. The summed E-state index contributed by atoms with van der Waals surface area (Å²) in [6.07, 6.45) is 5.82. The summed E-state index contributed by atoms with van der Waals surface area (Å²) in [7, 11) is 3.05. The molecule has 4 rings (SSSR count). The third kappa shape index (κ3) is 4.49. The van der Waals surface area contributed by atoms with E-state index in [9.17, 15) is 14.7 Å². The van der Waals surface area contributed by atoms with Crippen molar-refractivity contribution in [2.45, 2.75) is 19.0 Å². The van der Waals surface area contributed by atoms with Crippen LogP contribution in [0.2, 0.25) is 5.02 Å². The van der Waals surface area contributed by atoms with Gasteiger partial charge in [0.15, 0.2) is 0 Å². The number of aliphatic hydroxyl groups excluding tert-OH is 1. The Balaban J connectivity index is 1.74. The van der Waals surface area contributed by atoms with Crippen LogP contribution in [0.3, 0.4) is 0 Å². The van der Waals surface area contributed by atoms with Crippen molar-refractivity contribution in [2.24, 2.45) is 0 Å². The van der Waals surface area contributed by atoms with Crippen molar-refractivity contribution < 1.29 is 24.2 Å². The number of amides is 1. The van der Waals surface area contributed by atoms with Crippen molar-refractivity contribution in [1.29, 1.82) is 0 Å². The summed E-state index contributed by atoms with van der Waals surface area (Å²) in [5, 5.41) is 11.4. The Morgan fingerprint density at radius 2 is 1.85 bits per heavy atom. The van der Waals surface area contributed by atoms with E-state index in [0.717, 1.165) is 0 Å². The zero-order valence-electron chi connectivity index (χ0n) is 18.8. The van der Waals surface area contributed by atoms with Gasteiger partial charge in [-0.3, -0.25) is 9.59 Å². The molecule has 1 amide bonds. The van der Waals surface area contributed by atoms with Crippen molar-refractivity contribution in [3.63, 3.8) is 0 Å². The van der Waals surface area contributed by atoms with Crippen LogP contribution in [0.4, 0.5) is 0 Å². The van der Waals surface area contributed by atoms with Crippen LogP contribution in [-0.2, 0) is 16.1 Å². The van der Waals surface area contributed by atoms with E-state index in [2.05, 4.69) is 4.98 Å². The molecule has 2 aromatic carbocycles. The third-order valence-electron chi connectivity index (χ3n) is 5.77. The van der Waals surface area contributed by atoms with E-state index in [4.69, 9.17) is 21.1 Å². The molecule has 0 aliphatic carbocycles. The van der Waals surface area contributed by atoms with Crippen LogP contribution < -0.4 is 9.47 Å². The number of Topliss-reactive ketones (excluding diaryl/α,β-unsaturated/α-hetero) is 1. The summed E-state index contributed by atoms with van der Waals surface area (Å²) in [5.41, 5.74) is 1.02. The van der Waals surface area contributed by atoms with Gasteiger partial charge in [0.2, 0.25) is 0 Å². The third-order valence-corrected chi connectivity index (χ3v) is 6.07. The molecule has 8 nitrogen and oxygen atoms in total. The number of halogens is 1. The SMILES string of the molecule is COc1ccc([C@@H]2C(=C(O)c3ccc(OC)c(Cl)c3)C(=O)C(=O)N2CCCn2ccnc2)cc1. The van der Waals surface area contributed by atoms with Gasteiger partial charge in [0.1, 0.15) is 17.3 Å². The molecule has 0 spiro atoms. The monoisotopic (exact) mass is 481 g/mol. The van der Waals surface area contributed by atoms with Gasteiger partial charge in [0.05, 0.1) is 37.2 Å². The van der Waals surface area contributed by atoms with E-state index in [1.165, 1.54) is 18.1 Å². The summed E-state index contributed by atoms with van der Waals surface area (Å²) in [6.45, 7) is 0.950. The average Bonchev–Trinajstić information content (AvgIpc) is 3.46. The zero-order chi connectivity index (χ0) is 24.2. The van der Waals surface area contributed by atoms with E-state index in [0.29, 0.717) is 42.1 Å². The highest BCUT2D eigenvalue weighted by Gasteiger charge is 2.45. The molecule has 34 heavy (non-hydrogen) atoms. The minimum atomic E-state index is -0.755. The van der Waals surface area contributed by atoms with Gasteiger partial charge in [-0.1, -0.05) is 23.7 Å². The zero-order valence-corrected chi connectivity index (χ0v) is 19.5. The minimum Gasteiger partial charge on any atom is -0.507 e. The van der Waals surface area contributed by atoms with Gasteiger partial charge in [-0.2, -0.15) is 0 Å². The summed E-state index contributed by atoms with van der Waals surface area (Å²) >= 11 is 6.24. The van der Waals surface area contributed by atoms with Gasteiger partial charge in [0.25, 0.3) is 11.7 Å². The first kappa shape index (κ1) is 23.4. The second kappa shape index (κ2) is 10.0. The van der Waals surface area contributed by atoms with Crippen LogP contribution in [-0.4, -0.2) is 52.0 Å². The van der Waals surface area contributed by atoms with Crippen LogP contribution in [0.1, 0.15) is 23.6 Å². The number of hydrogen-bond acceptors (Lipinski definition) is 6. The number of aliphatic hydroxyl groups is 1. The van der Waals surface area contributed by atoms with Gasteiger partial charge < -0.3 is 24.0 Å². The summed E-state index contributed by atoms with van der Waals surface area (Å²) in [6, 6.07) is 11.0. The number of likely N-dealkylation sites (tertiary alicyclic amines) is 1. The highest BCUT2D eigenvalue weighted by atomic mass is 35.5. The fraction of sp³-hybridized carbons (Fsp3) is 0.240. The molecule has 1 atom stereocenters. The lowest BCUT2D eigenvalue weighted by Gasteiger charge is -2.25. The van der Waals surface area contributed by atoms with Crippen LogP contribution in [0.25, 0.3) is 5.76 Å². The summed E-state index contributed by atoms with van der Waals surface area (Å²) < 4.78 is 12.3. The highest BCUT2D eigenvalue weighted by Crippen LogP contribution is 2.40. The molecular weight excluding hydrogens is 458 g/mol. The quantitative estimate of drug-likeness (QED) is 0.296. The molecule has 2 heterocycles. The Labute approximate surface area is 202 Å². The number of ether oxygens (including phenoxy) is 2. The maximum absolute atomic E-state index is 13.1. The number of carbonyl (C=O) groups excluding carboxylic acids is 2. The molecule has 0 saturated carbocycles. The Kier molecular flexibility index (Phi) is 6.88. The Hall–Kier alpha value is -3.78. The fourth-order valence-electron chi connectivity index (χ4n) is 4.06. The number of rotatable bonds is 8. The number of benzene rings is 2. The predicted octanol–water partition coefficient (Wildman–Crippen LogP) is 4.07. The number of ketones is 1. The standard InChI is InChI=1S/C25H24ClN3O5/c1-33-18-7-4-16(5-8-18)22-21(23(30)17-6-9-20(34-2)19(26)14-17)24(31)25(32)29(22)12-3-11-28-13-10-27-15-28/h4-10,13-15,22,30H,3,11-12H2,1-2H3/t22-/m1/s1. The van der Waals surface area contributed by atoms with Crippen LogP contribution in [0, 0.1) is 0 Å². The van der Waals surface area contributed by atoms with E-state index < -0.39 is 17.7 Å². The van der Waals surface area contributed by atoms with Crippen molar-refractivity contribution in [2.75, 3.05) is 20.8 Å². The molecule has 3 aromatic rings. The lowest BCUT2D eigenvalue weighted by Crippen LogP contribution is -2.31. The van der Waals surface area contributed by atoms with Crippen molar-refractivity contribution in [3.05, 3.63) is 82.9 Å². The van der Waals surface area contributed by atoms with Crippen LogP contribution in [0.15, 0.2) is 66.8 Å². The van der Waals surface area contributed by atoms with Gasteiger partial charge in [0, 0.05) is 31.0 Å². The van der Waals surface area contributed by atoms with E-state index in [1.54, 1.807) is 56.0 Å². The van der Waals surface area contributed by atoms with E-state index >= 15 is 0 Å². The molecule has 1 aromatic heterocycles. The Bertz CT molecular complexity index is 1220. The Morgan fingerprint density at radius 3 is 2.47 bits per heavy atom. The number of methoxy groups -OCH3 is 2. The number of nitrogens with zero attached hydrogens (tertiary/aromatic N) is 3. The lowest BCUT2D eigenvalue weighted by molar-refractivity contribution is -0.139. The Morgan fingerprint density at radius 1 is 1.09 bits per heavy atom. The molecule has 0 radical (unpaired) electrons. The van der Waals surface area contributed by atoms with E-state index in [-0.39, 0.29) is 16.4 Å². The number of imidazole rings is 1. The summed E-state index contributed by atoms with van der Waals surface area (Å²) in [4.78, 5) is 31.7. The van der Waals surface area contributed by atoms with Crippen molar-refractivity contribution in [1.82, 2.24) is 14.5 Å². The van der Waals surface area contributed by atoms with Crippen molar-refractivity contribution >= 4 is 29.1 Å². The van der Waals surface area contributed by atoms with Crippen molar-refractivity contribution in [3.8, 4) is 11.5 Å². The molecule has 9 heteroatoms. The summed E-state index contributed by atoms with van der Waals surface area (Å²) in [5.74, 6) is -0.617. The molecule has 176 valence electrons. The second-order valence-corrected chi connectivity index (χ2v) is 8.18. The molecule has 1 aliphatic heterocycles. The van der Waals surface area contributed by atoms with Crippen LogP contribution in [0.5, 0.6) is 11.5 Å². The lowest BCUT2D eigenvalue weighted by atomic mass is 9.95. The largest absolute Gasteiger partial charge is 0.507 e. The highest BCUT2D eigenvalue weighted by molar-refractivity contribution is 6.46. The first-order chi connectivity index (χ1) is 16.4. The number of carbonyl (C=O) groups is 2. The second-order valence-electron chi connectivity index (χ2n) is 7.77. The maximum Gasteiger partial charge on any atom is 0.295 e. The normalized spacial score (nSPS) is 17.3. The van der Waals surface area contributed by atoms with E-state index in [1.807, 2.05) is 10.8 Å². The molecule has 0 bridgehead atoms. The number of aryl methyl sites for hydroxylation is 1. The number of aromatic nitrogens is 2. The van der Waals surface area contributed by atoms with Gasteiger partial charge in [-0.25, -0.2) is 4.98 Å². The van der Waals surface area contributed by atoms with Crippen LogP contribution >= 0.6 is 11.6 Å². The fourth-order valence-corrected chi connectivity index (χ4v) is 4.31. The van der Waals surface area contributed by atoms with Gasteiger partial charge >= 0.3 is 0 Å². The van der Waals surface area contributed by atoms with Gasteiger partial charge in [-0.05, 0) is 42.3 Å². The van der Waals surface area contributed by atoms with Gasteiger partial charge in [-0.15, -0.1) is 0 Å². The molecule has 1 aliphatic rings. The molecule has 1 saturated heterocycles. The maximum atomic E-state index is 13.1. The predicted molar refractivity (Wildman–Crippen MR) is 127 cm³/mol. The number of hydrogen-bond donors (Lipinski definition) is 1. The molecule has 1 fully saturated rings. The molecular formula is C25H24ClN3O5. The molecule has 1 N–H and O–H groups in total. The minimum absolute atomic E-state index is 0.0130. The molecule has 0 unspecified atom stereocenters. The first-order valence-electron chi connectivity index (χ1n) is 10.7. The topological polar surface area (TPSA) is 93.9 Å². The first-order valence-corrected chi connectivity index (χ1v) is 11.0. The average molecular weight is 482 g/mol.